The fraction of sp³-hybridized carbons (Fsp3) is 0.100. The van der Waals surface area contributed by atoms with E-state index in [4.69, 9.17) is 0 Å². The largest absolute Gasteiger partial charge is 0.289 e. The van der Waals surface area contributed by atoms with Crippen molar-refractivity contribution in [3.8, 4) is 0 Å². The average molecular weight is 361 g/mol. The molecule has 2 N–H and O–H groups in total. The van der Waals surface area contributed by atoms with Crippen molar-refractivity contribution in [2.45, 2.75) is 11.4 Å². The zero-order chi connectivity index (χ0) is 14.8. The van der Waals surface area contributed by atoms with Crippen LogP contribution in [0.3, 0.4) is 0 Å². The van der Waals surface area contributed by atoms with Gasteiger partial charge in [-0.15, -0.1) is 0 Å². The van der Waals surface area contributed by atoms with Gasteiger partial charge in [0.2, 0.25) is 10.0 Å². The third kappa shape index (κ3) is 3.21. The van der Waals surface area contributed by atoms with E-state index in [1.165, 1.54) is 18.3 Å². The van der Waals surface area contributed by atoms with Crippen molar-refractivity contribution in [2.24, 2.45) is 0 Å². The molecule has 8 nitrogen and oxygen atoms in total. The fourth-order valence-corrected chi connectivity index (χ4v) is 3.20. The van der Waals surface area contributed by atoms with E-state index in [1.807, 2.05) is 0 Å². The zero-order valence-electron chi connectivity index (χ0n) is 9.91. The minimum atomic E-state index is -4.00. The first-order valence-electron chi connectivity index (χ1n) is 5.32. The van der Waals surface area contributed by atoms with Crippen molar-refractivity contribution in [2.75, 3.05) is 0 Å². The van der Waals surface area contributed by atoms with Crippen molar-refractivity contribution < 1.29 is 13.3 Å². The van der Waals surface area contributed by atoms with E-state index in [1.54, 1.807) is 6.07 Å². The van der Waals surface area contributed by atoms with E-state index in [9.17, 15) is 18.5 Å². The second-order valence-electron chi connectivity index (χ2n) is 3.78. The van der Waals surface area contributed by atoms with Crippen LogP contribution < -0.4 is 4.72 Å². The molecule has 1 aromatic heterocycles. The van der Waals surface area contributed by atoms with E-state index in [2.05, 4.69) is 30.8 Å². The summed E-state index contributed by atoms with van der Waals surface area (Å²) in [6.07, 6.45) is 1.48. The number of hydrogen-bond donors (Lipinski definition) is 2. The van der Waals surface area contributed by atoms with Crippen LogP contribution in [0.2, 0.25) is 0 Å². The number of benzene rings is 1. The number of nitro groups is 1. The van der Waals surface area contributed by atoms with Crippen LogP contribution in [-0.4, -0.2) is 23.5 Å². The van der Waals surface area contributed by atoms with Gasteiger partial charge >= 0.3 is 0 Å². The van der Waals surface area contributed by atoms with Crippen LogP contribution in [0.15, 0.2) is 39.8 Å². The number of H-pyrrole nitrogens is 1. The Bertz CT molecular complexity index is 730. The van der Waals surface area contributed by atoms with Crippen LogP contribution in [0.5, 0.6) is 0 Å². The Hall–Kier alpha value is -1.78. The lowest BCUT2D eigenvalue weighted by Crippen LogP contribution is -2.24. The third-order valence-corrected chi connectivity index (χ3v) is 4.34. The minimum absolute atomic E-state index is 0.0357. The predicted octanol–water partition coefficient (Wildman–Crippen LogP) is 1.56. The van der Waals surface area contributed by atoms with E-state index < -0.39 is 25.5 Å². The summed E-state index contributed by atoms with van der Waals surface area (Å²) in [5.41, 5.74) is 0.0662. The molecule has 0 amide bonds. The maximum Gasteiger partial charge on any atom is 0.289 e. The van der Waals surface area contributed by atoms with E-state index in [-0.39, 0.29) is 6.54 Å². The van der Waals surface area contributed by atoms with Gasteiger partial charge in [-0.1, -0.05) is 15.9 Å². The number of halogens is 1. The van der Waals surface area contributed by atoms with Crippen molar-refractivity contribution in [1.82, 2.24) is 14.9 Å². The van der Waals surface area contributed by atoms with E-state index in [0.717, 1.165) is 6.07 Å². The van der Waals surface area contributed by atoms with Gasteiger partial charge in [-0.2, -0.15) is 5.10 Å². The normalized spacial score (nSPS) is 11.4. The molecule has 2 aromatic rings. The molecule has 0 spiro atoms. The number of nitro benzene ring substituents is 1. The number of sulfonamides is 1. The van der Waals surface area contributed by atoms with Gasteiger partial charge in [0.05, 0.1) is 17.2 Å². The Morgan fingerprint density at radius 2 is 2.15 bits per heavy atom. The van der Waals surface area contributed by atoms with Crippen LogP contribution in [0.1, 0.15) is 5.69 Å². The van der Waals surface area contributed by atoms with Crippen LogP contribution in [0.25, 0.3) is 0 Å². The SMILES string of the molecule is O=[N+]([O-])c1ccc(Br)cc1S(=O)(=O)NCc1ccn[nH]1. The number of rotatable bonds is 5. The highest BCUT2D eigenvalue weighted by atomic mass is 79.9. The van der Waals surface area contributed by atoms with Crippen molar-refractivity contribution in [1.29, 1.82) is 0 Å². The minimum Gasteiger partial charge on any atom is -0.281 e. The second kappa shape index (κ2) is 5.69. The molecule has 0 radical (unpaired) electrons. The molecule has 1 heterocycles. The Kier molecular flexibility index (Phi) is 4.16. The van der Waals surface area contributed by atoms with Gasteiger partial charge in [-0.05, 0) is 18.2 Å². The molecule has 0 bridgehead atoms. The van der Waals surface area contributed by atoms with Crippen LogP contribution in [0, 0.1) is 10.1 Å². The number of aromatic amines is 1. The molecule has 10 heteroatoms. The summed E-state index contributed by atoms with van der Waals surface area (Å²) in [5.74, 6) is 0. The highest BCUT2D eigenvalue weighted by Gasteiger charge is 2.25. The molecule has 106 valence electrons. The van der Waals surface area contributed by atoms with Crippen molar-refractivity contribution in [3.05, 3.63) is 50.7 Å². The first kappa shape index (κ1) is 14.6. The molecular weight excluding hydrogens is 352 g/mol. The van der Waals surface area contributed by atoms with Gasteiger partial charge in [0.15, 0.2) is 4.90 Å². The number of nitrogens with one attached hydrogen (secondary N) is 2. The van der Waals surface area contributed by atoms with Gasteiger partial charge in [-0.3, -0.25) is 15.2 Å². The fourth-order valence-electron chi connectivity index (χ4n) is 1.49. The average Bonchev–Trinajstić information content (AvgIpc) is 2.89. The summed E-state index contributed by atoms with van der Waals surface area (Å²) in [7, 11) is -4.00. The molecule has 0 aliphatic carbocycles. The predicted molar refractivity (Wildman–Crippen MR) is 73.4 cm³/mol. The van der Waals surface area contributed by atoms with Crippen molar-refractivity contribution in [3.63, 3.8) is 0 Å². The van der Waals surface area contributed by atoms with Crippen LogP contribution >= 0.6 is 15.9 Å². The highest BCUT2D eigenvalue weighted by molar-refractivity contribution is 9.10. The maximum atomic E-state index is 12.1. The van der Waals surface area contributed by atoms with Crippen LogP contribution in [0.4, 0.5) is 5.69 Å². The smallest absolute Gasteiger partial charge is 0.281 e. The maximum absolute atomic E-state index is 12.1. The lowest BCUT2D eigenvalue weighted by atomic mass is 10.3. The molecule has 0 unspecified atom stereocenters. The quantitative estimate of drug-likeness (QED) is 0.619. The first-order valence-corrected chi connectivity index (χ1v) is 7.59. The van der Waals surface area contributed by atoms with Gasteiger partial charge in [0.1, 0.15) is 0 Å². The molecule has 0 aliphatic rings. The Labute approximate surface area is 122 Å². The molecule has 20 heavy (non-hydrogen) atoms. The van der Waals surface area contributed by atoms with Gasteiger partial charge in [0, 0.05) is 16.7 Å². The molecule has 0 saturated heterocycles. The Morgan fingerprint density at radius 1 is 1.40 bits per heavy atom. The summed E-state index contributed by atoms with van der Waals surface area (Å²) in [5, 5.41) is 17.2. The lowest BCUT2D eigenvalue weighted by Gasteiger charge is -2.06. The summed E-state index contributed by atoms with van der Waals surface area (Å²) < 4.78 is 27.0. The molecule has 0 saturated carbocycles. The van der Waals surface area contributed by atoms with Gasteiger partial charge < -0.3 is 0 Å². The van der Waals surface area contributed by atoms with Gasteiger partial charge in [-0.25, -0.2) is 13.1 Å². The number of hydrogen-bond acceptors (Lipinski definition) is 5. The zero-order valence-corrected chi connectivity index (χ0v) is 12.3. The standard InChI is InChI=1S/C10H9BrN4O4S/c11-7-1-2-9(15(16)17)10(5-7)20(18,19)13-6-8-3-4-12-14-8/h1-5,13H,6H2,(H,12,14). The molecule has 2 rings (SSSR count). The highest BCUT2D eigenvalue weighted by Crippen LogP contribution is 2.27. The molecular formula is C10H9BrN4O4S. The monoisotopic (exact) mass is 360 g/mol. The summed E-state index contributed by atoms with van der Waals surface area (Å²) in [6.45, 7) is -0.0357. The summed E-state index contributed by atoms with van der Waals surface area (Å²) in [6, 6.07) is 5.33. The Balaban J connectivity index is 2.33. The van der Waals surface area contributed by atoms with E-state index in [0.29, 0.717) is 10.2 Å². The second-order valence-corrected chi connectivity index (χ2v) is 6.43. The van der Waals surface area contributed by atoms with E-state index >= 15 is 0 Å². The molecule has 1 aromatic carbocycles. The lowest BCUT2D eigenvalue weighted by molar-refractivity contribution is -0.387. The van der Waals surface area contributed by atoms with Gasteiger partial charge in [0.25, 0.3) is 5.69 Å². The summed E-state index contributed by atoms with van der Waals surface area (Å²) >= 11 is 3.10. The Morgan fingerprint density at radius 3 is 2.75 bits per heavy atom. The molecule has 0 aliphatic heterocycles. The molecule has 0 atom stereocenters. The number of aromatic nitrogens is 2. The first-order chi connectivity index (χ1) is 9.40. The van der Waals surface area contributed by atoms with Crippen LogP contribution in [-0.2, 0) is 16.6 Å². The number of nitrogens with zero attached hydrogens (tertiary/aromatic N) is 2. The molecule has 0 fully saturated rings. The van der Waals surface area contributed by atoms with Crippen molar-refractivity contribution >= 4 is 31.6 Å². The topological polar surface area (TPSA) is 118 Å². The summed E-state index contributed by atoms with van der Waals surface area (Å²) in [4.78, 5) is 9.76. The third-order valence-electron chi connectivity index (χ3n) is 2.42.